The molecule has 0 unspecified atom stereocenters. The summed E-state index contributed by atoms with van der Waals surface area (Å²) in [5.41, 5.74) is 0.794. The van der Waals surface area contributed by atoms with Crippen LogP contribution in [-0.2, 0) is 6.54 Å². The van der Waals surface area contributed by atoms with Crippen LogP contribution in [-0.4, -0.2) is 15.8 Å². The van der Waals surface area contributed by atoms with Gasteiger partial charge in [-0.1, -0.05) is 31.5 Å². The third-order valence-electron chi connectivity index (χ3n) is 3.99. The van der Waals surface area contributed by atoms with Gasteiger partial charge in [0.15, 0.2) is 0 Å². The second-order valence-electron chi connectivity index (χ2n) is 6.23. The summed E-state index contributed by atoms with van der Waals surface area (Å²) in [5, 5.41) is 7.69. The third kappa shape index (κ3) is 3.42. The van der Waals surface area contributed by atoms with Gasteiger partial charge in [-0.25, -0.2) is 4.68 Å². The molecular weight excluding hydrogens is 274 g/mol. The Bertz CT molecular complexity index is 541. The molecule has 0 spiro atoms. The molecule has 0 saturated heterocycles. The Balaban J connectivity index is 2.09. The maximum Gasteiger partial charge on any atom is 0.287 e. The highest BCUT2D eigenvalue weighted by Crippen LogP contribution is 2.36. The summed E-state index contributed by atoms with van der Waals surface area (Å²) in [7, 11) is 0. The molecule has 1 saturated carbocycles. The molecule has 1 aromatic heterocycles. The smallest absolute Gasteiger partial charge is 0.287 e. The van der Waals surface area contributed by atoms with Crippen molar-refractivity contribution in [3.05, 3.63) is 34.2 Å². The summed E-state index contributed by atoms with van der Waals surface area (Å²) in [6.45, 7) is 8.57. The average Bonchev–Trinajstić information content (AvgIpc) is 2.41. The van der Waals surface area contributed by atoms with Gasteiger partial charge in [-0.3, -0.25) is 4.79 Å². The Morgan fingerprint density at radius 1 is 1.55 bits per heavy atom. The Labute approximate surface area is 124 Å². The fourth-order valence-electron chi connectivity index (χ4n) is 2.58. The molecule has 1 aliphatic rings. The van der Waals surface area contributed by atoms with Crippen LogP contribution in [0.2, 0.25) is 5.02 Å². The molecule has 0 bridgehead atoms. The van der Waals surface area contributed by atoms with E-state index in [1.54, 1.807) is 12.3 Å². The third-order valence-corrected chi connectivity index (χ3v) is 4.35. The summed E-state index contributed by atoms with van der Waals surface area (Å²) < 4.78 is 1.31. The first-order chi connectivity index (χ1) is 9.43. The lowest BCUT2D eigenvalue weighted by Crippen LogP contribution is -2.31. The van der Waals surface area contributed by atoms with Crippen molar-refractivity contribution in [2.45, 2.75) is 52.1 Å². The molecule has 1 N–H and O–H groups in total. The molecule has 110 valence electrons. The number of aromatic nitrogens is 2. The molecule has 1 fully saturated rings. The van der Waals surface area contributed by atoms with E-state index in [1.165, 1.54) is 17.5 Å². The predicted octanol–water partition coefficient (Wildman–Crippen LogP) is 3.46. The average molecular weight is 296 g/mol. The van der Waals surface area contributed by atoms with Crippen molar-refractivity contribution < 1.29 is 0 Å². The van der Waals surface area contributed by atoms with E-state index in [1.807, 2.05) is 0 Å². The fraction of sp³-hybridized carbons (Fsp3) is 0.600. The molecule has 20 heavy (non-hydrogen) atoms. The molecule has 2 rings (SSSR count). The Morgan fingerprint density at radius 3 is 2.80 bits per heavy atom. The molecule has 0 aromatic carbocycles. The van der Waals surface area contributed by atoms with Crippen LogP contribution in [0.4, 0.5) is 5.69 Å². The zero-order chi connectivity index (χ0) is 14.8. The van der Waals surface area contributed by atoms with Crippen LogP contribution in [0.25, 0.3) is 0 Å². The molecule has 5 heteroatoms. The number of halogens is 1. The van der Waals surface area contributed by atoms with Gasteiger partial charge < -0.3 is 5.32 Å². The summed E-state index contributed by atoms with van der Waals surface area (Å²) in [6, 6.07) is 0.372. The van der Waals surface area contributed by atoms with Gasteiger partial charge in [-0.15, -0.1) is 6.58 Å². The van der Waals surface area contributed by atoms with Crippen LogP contribution in [0.5, 0.6) is 0 Å². The fourth-order valence-corrected chi connectivity index (χ4v) is 2.78. The normalized spacial score (nSPS) is 18.8. The van der Waals surface area contributed by atoms with Crippen LogP contribution in [0.15, 0.2) is 23.6 Å². The first-order valence-corrected chi connectivity index (χ1v) is 7.44. The minimum absolute atomic E-state index is 0.215. The number of anilines is 1. The van der Waals surface area contributed by atoms with Gasteiger partial charge in [-0.05, 0) is 31.1 Å². The van der Waals surface area contributed by atoms with Crippen LogP contribution < -0.4 is 10.9 Å². The van der Waals surface area contributed by atoms with Crippen molar-refractivity contribution >= 4 is 17.3 Å². The SMILES string of the molecule is C=CCn1ncc(NC2CCC(C)(C)CC2)c(Cl)c1=O. The van der Waals surface area contributed by atoms with Gasteiger partial charge in [0.2, 0.25) is 0 Å². The number of hydrogen-bond donors (Lipinski definition) is 1. The standard InChI is InChI=1S/C15H22ClN3O/c1-4-9-19-14(20)13(16)12(10-17-19)18-11-5-7-15(2,3)8-6-11/h4,10-11,18H,1,5-9H2,2-3H3. The van der Waals surface area contributed by atoms with Crippen LogP contribution in [0.3, 0.4) is 0 Å². The molecule has 1 heterocycles. The maximum absolute atomic E-state index is 12.0. The predicted molar refractivity (Wildman–Crippen MR) is 83.4 cm³/mol. The van der Waals surface area contributed by atoms with E-state index < -0.39 is 0 Å². The first kappa shape index (κ1) is 15.1. The van der Waals surface area contributed by atoms with E-state index in [0.717, 1.165) is 12.8 Å². The molecule has 0 atom stereocenters. The summed E-state index contributed by atoms with van der Waals surface area (Å²) >= 11 is 6.14. The lowest BCUT2D eigenvalue weighted by molar-refractivity contribution is 0.232. The molecule has 1 aliphatic carbocycles. The number of nitrogens with zero attached hydrogens (tertiary/aromatic N) is 2. The second-order valence-corrected chi connectivity index (χ2v) is 6.61. The van der Waals surface area contributed by atoms with Crippen molar-refractivity contribution in [3.63, 3.8) is 0 Å². The number of nitrogens with one attached hydrogen (secondary N) is 1. The summed E-state index contributed by atoms with van der Waals surface area (Å²) in [5.74, 6) is 0. The van der Waals surface area contributed by atoms with Crippen molar-refractivity contribution in [1.82, 2.24) is 9.78 Å². The van der Waals surface area contributed by atoms with Gasteiger partial charge in [0, 0.05) is 6.04 Å². The Morgan fingerprint density at radius 2 is 2.20 bits per heavy atom. The molecule has 0 aliphatic heterocycles. The molecule has 1 aromatic rings. The van der Waals surface area contributed by atoms with Crippen molar-refractivity contribution in [2.24, 2.45) is 5.41 Å². The van der Waals surface area contributed by atoms with Crippen molar-refractivity contribution in [1.29, 1.82) is 0 Å². The Hall–Kier alpha value is -1.29. The van der Waals surface area contributed by atoms with E-state index in [-0.39, 0.29) is 10.6 Å². The lowest BCUT2D eigenvalue weighted by atomic mass is 9.75. The highest BCUT2D eigenvalue weighted by atomic mass is 35.5. The minimum atomic E-state index is -0.271. The molecular formula is C15H22ClN3O. The van der Waals surface area contributed by atoms with Crippen molar-refractivity contribution in [3.8, 4) is 0 Å². The van der Waals surface area contributed by atoms with Crippen LogP contribution in [0.1, 0.15) is 39.5 Å². The van der Waals surface area contributed by atoms with Crippen LogP contribution >= 0.6 is 11.6 Å². The Kier molecular flexibility index (Phi) is 4.53. The number of rotatable bonds is 4. The number of allylic oxidation sites excluding steroid dienone is 1. The van der Waals surface area contributed by atoms with E-state index in [4.69, 9.17) is 11.6 Å². The summed E-state index contributed by atoms with van der Waals surface area (Å²) in [6.07, 6.45) is 7.82. The van der Waals surface area contributed by atoms with E-state index in [2.05, 4.69) is 30.8 Å². The minimum Gasteiger partial charge on any atom is -0.380 e. The zero-order valence-corrected chi connectivity index (χ0v) is 12.9. The van der Waals surface area contributed by atoms with E-state index in [9.17, 15) is 4.79 Å². The quantitative estimate of drug-likeness (QED) is 0.865. The molecule has 4 nitrogen and oxygen atoms in total. The highest BCUT2D eigenvalue weighted by Gasteiger charge is 2.27. The van der Waals surface area contributed by atoms with E-state index in [0.29, 0.717) is 23.7 Å². The maximum atomic E-state index is 12.0. The topological polar surface area (TPSA) is 46.9 Å². The van der Waals surface area contributed by atoms with Gasteiger partial charge in [0.25, 0.3) is 5.56 Å². The van der Waals surface area contributed by atoms with Crippen molar-refractivity contribution in [2.75, 3.05) is 5.32 Å². The molecule has 0 radical (unpaired) electrons. The van der Waals surface area contributed by atoms with Gasteiger partial charge in [-0.2, -0.15) is 5.10 Å². The van der Waals surface area contributed by atoms with Gasteiger partial charge in [0.1, 0.15) is 5.02 Å². The first-order valence-electron chi connectivity index (χ1n) is 7.06. The monoisotopic (exact) mass is 295 g/mol. The number of hydrogen-bond acceptors (Lipinski definition) is 3. The van der Waals surface area contributed by atoms with Gasteiger partial charge in [0.05, 0.1) is 18.4 Å². The molecule has 0 amide bonds. The largest absolute Gasteiger partial charge is 0.380 e. The van der Waals surface area contributed by atoms with E-state index >= 15 is 0 Å². The summed E-state index contributed by atoms with van der Waals surface area (Å²) in [4.78, 5) is 12.0. The zero-order valence-electron chi connectivity index (χ0n) is 12.2. The van der Waals surface area contributed by atoms with Crippen LogP contribution in [0, 0.1) is 5.41 Å². The highest BCUT2D eigenvalue weighted by molar-refractivity contribution is 6.32. The lowest BCUT2D eigenvalue weighted by Gasteiger charge is -2.35. The second kappa shape index (κ2) is 6.00. The van der Waals surface area contributed by atoms with Gasteiger partial charge >= 0.3 is 0 Å².